The van der Waals surface area contributed by atoms with Gasteiger partial charge in [-0.15, -0.1) is 0 Å². The highest BCUT2D eigenvalue weighted by molar-refractivity contribution is 5.94. The monoisotopic (exact) mass is 263 g/mol. The zero-order valence-corrected chi connectivity index (χ0v) is 11.5. The molecular weight excluding hydrogens is 241 g/mol. The van der Waals surface area contributed by atoms with Gasteiger partial charge in [0, 0.05) is 23.7 Å². The molecule has 104 valence electrons. The number of halogens is 1. The van der Waals surface area contributed by atoms with Crippen LogP contribution in [0, 0.1) is 11.2 Å². The van der Waals surface area contributed by atoms with E-state index in [0.29, 0.717) is 23.7 Å². The van der Waals surface area contributed by atoms with Crippen molar-refractivity contribution < 1.29 is 4.39 Å². The van der Waals surface area contributed by atoms with Gasteiger partial charge in [0.25, 0.3) is 0 Å². The van der Waals surface area contributed by atoms with Gasteiger partial charge in [-0.25, -0.2) is 4.39 Å². The summed E-state index contributed by atoms with van der Waals surface area (Å²) in [6.45, 7) is 3.90. The van der Waals surface area contributed by atoms with Gasteiger partial charge >= 0.3 is 0 Å². The van der Waals surface area contributed by atoms with E-state index in [0.717, 1.165) is 13.0 Å². The second-order valence-electron chi connectivity index (χ2n) is 5.25. The first-order valence-electron chi connectivity index (χ1n) is 6.98. The lowest BCUT2D eigenvalue weighted by molar-refractivity contribution is 0.134. The van der Waals surface area contributed by atoms with E-state index in [1.807, 2.05) is 0 Å². The Balaban J connectivity index is 2.11. The number of nitrogens with one attached hydrogen (secondary N) is 1. The van der Waals surface area contributed by atoms with Crippen LogP contribution in [0.2, 0.25) is 0 Å². The Hall–Kier alpha value is -1.42. The first kappa shape index (κ1) is 14.0. The highest BCUT2D eigenvalue weighted by atomic mass is 19.1. The summed E-state index contributed by atoms with van der Waals surface area (Å²) >= 11 is 0. The van der Waals surface area contributed by atoms with Gasteiger partial charge < -0.3 is 5.73 Å². The van der Waals surface area contributed by atoms with Crippen molar-refractivity contribution in [3.63, 3.8) is 0 Å². The Morgan fingerprint density at radius 1 is 1.47 bits per heavy atom. The molecule has 0 spiro atoms. The molecule has 2 rings (SSSR count). The smallest absolute Gasteiger partial charge is 0.128 e. The van der Waals surface area contributed by atoms with E-state index in [1.54, 1.807) is 12.1 Å². The highest BCUT2D eigenvalue weighted by Crippen LogP contribution is 2.23. The number of likely N-dealkylation sites (tertiary alicyclic amines) is 1. The van der Waals surface area contributed by atoms with Gasteiger partial charge in [0.2, 0.25) is 0 Å². The normalized spacial score (nSPS) is 20.4. The third kappa shape index (κ3) is 3.32. The van der Waals surface area contributed by atoms with Crippen molar-refractivity contribution in [1.82, 2.24) is 4.90 Å². The molecule has 0 amide bonds. The number of hydrogen-bond donors (Lipinski definition) is 2. The Labute approximate surface area is 114 Å². The van der Waals surface area contributed by atoms with Crippen LogP contribution in [0.5, 0.6) is 0 Å². The van der Waals surface area contributed by atoms with Crippen LogP contribution in [0.25, 0.3) is 0 Å². The van der Waals surface area contributed by atoms with Crippen molar-refractivity contribution in [2.24, 2.45) is 5.73 Å². The van der Waals surface area contributed by atoms with Gasteiger partial charge in [-0.1, -0.05) is 25.5 Å². The Morgan fingerprint density at radius 2 is 2.26 bits per heavy atom. The van der Waals surface area contributed by atoms with Gasteiger partial charge in [-0.2, -0.15) is 0 Å². The molecule has 0 radical (unpaired) electrons. The molecule has 3 N–H and O–H groups in total. The molecule has 1 unspecified atom stereocenters. The van der Waals surface area contributed by atoms with Crippen LogP contribution < -0.4 is 5.73 Å². The van der Waals surface area contributed by atoms with E-state index in [9.17, 15) is 4.39 Å². The first-order valence-corrected chi connectivity index (χ1v) is 6.98. The van der Waals surface area contributed by atoms with Crippen LogP contribution in [0.4, 0.5) is 4.39 Å². The van der Waals surface area contributed by atoms with E-state index in [2.05, 4.69) is 11.8 Å². The first-order chi connectivity index (χ1) is 9.11. The Morgan fingerprint density at radius 3 is 2.89 bits per heavy atom. The minimum Gasteiger partial charge on any atom is -0.384 e. The van der Waals surface area contributed by atoms with Crippen molar-refractivity contribution in [2.75, 3.05) is 6.54 Å². The predicted molar refractivity (Wildman–Crippen MR) is 75.8 cm³/mol. The summed E-state index contributed by atoms with van der Waals surface area (Å²) in [7, 11) is 0. The van der Waals surface area contributed by atoms with Crippen LogP contribution in [-0.4, -0.2) is 23.3 Å². The predicted octanol–water partition coefficient (Wildman–Crippen LogP) is 2.87. The lowest BCUT2D eigenvalue weighted by Gasteiger charge is -2.35. The molecular formula is C15H22FN3. The zero-order chi connectivity index (χ0) is 13.8. The summed E-state index contributed by atoms with van der Waals surface area (Å²) in [5.74, 6) is -0.344. The summed E-state index contributed by atoms with van der Waals surface area (Å²) in [5, 5.41) is 7.32. The lowest BCUT2D eigenvalue weighted by atomic mass is 9.99. The van der Waals surface area contributed by atoms with Crippen molar-refractivity contribution in [2.45, 2.75) is 45.2 Å². The maximum atomic E-state index is 14.0. The van der Waals surface area contributed by atoms with E-state index in [1.165, 1.54) is 25.3 Å². The molecule has 1 heterocycles. The molecule has 19 heavy (non-hydrogen) atoms. The number of piperidine rings is 1. The molecule has 3 nitrogen and oxygen atoms in total. The van der Waals surface area contributed by atoms with Crippen molar-refractivity contribution in [3.05, 3.63) is 35.1 Å². The van der Waals surface area contributed by atoms with Crippen LogP contribution >= 0.6 is 0 Å². The molecule has 4 heteroatoms. The lowest BCUT2D eigenvalue weighted by Crippen LogP contribution is -2.38. The van der Waals surface area contributed by atoms with Gasteiger partial charge in [0.05, 0.1) is 0 Å². The average molecular weight is 263 g/mol. The number of nitrogens with two attached hydrogens (primary N) is 1. The van der Waals surface area contributed by atoms with Crippen molar-refractivity contribution in [3.8, 4) is 0 Å². The largest absolute Gasteiger partial charge is 0.384 e. The molecule has 0 aliphatic carbocycles. The van der Waals surface area contributed by atoms with Crippen molar-refractivity contribution >= 4 is 5.84 Å². The van der Waals surface area contributed by atoms with E-state index in [-0.39, 0.29) is 11.7 Å². The standard InChI is InChI=1S/C15H22FN3/c1-2-13-5-3-4-8-19(13)10-12-7-6-11(15(17)18)9-14(12)16/h6-7,9,13H,2-5,8,10H2,1H3,(H3,17,18). The molecule has 0 aromatic heterocycles. The molecule has 1 aromatic carbocycles. The number of amidine groups is 1. The average Bonchev–Trinajstić information content (AvgIpc) is 2.41. The van der Waals surface area contributed by atoms with Gasteiger partial charge in [0.15, 0.2) is 0 Å². The minimum absolute atomic E-state index is 0.0881. The number of rotatable bonds is 4. The van der Waals surface area contributed by atoms with E-state index in [4.69, 9.17) is 11.1 Å². The fourth-order valence-electron chi connectivity index (χ4n) is 2.79. The molecule has 1 aliphatic heterocycles. The summed E-state index contributed by atoms with van der Waals surface area (Å²) in [5.41, 5.74) is 6.52. The maximum Gasteiger partial charge on any atom is 0.128 e. The molecule has 1 atom stereocenters. The van der Waals surface area contributed by atoms with Crippen molar-refractivity contribution in [1.29, 1.82) is 5.41 Å². The van der Waals surface area contributed by atoms with E-state index >= 15 is 0 Å². The van der Waals surface area contributed by atoms with Crippen LogP contribution in [0.1, 0.15) is 43.7 Å². The molecule has 0 bridgehead atoms. The molecule has 1 aromatic rings. The topological polar surface area (TPSA) is 53.1 Å². The number of benzene rings is 1. The van der Waals surface area contributed by atoms with Gasteiger partial charge in [0.1, 0.15) is 11.7 Å². The summed E-state index contributed by atoms with van der Waals surface area (Å²) in [6.07, 6.45) is 4.81. The number of nitrogen functional groups attached to an aromatic ring is 1. The fraction of sp³-hybridized carbons (Fsp3) is 0.533. The Bertz CT molecular complexity index is 459. The Kier molecular flexibility index (Phi) is 4.53. The fourth-order valence-corrected chi connectivity index (χ4v) is 2.79. The van der Waals surface area contributed by atoms with Gasteiger partial charge in [-0.3, -0.25) is 10.3 Å². The van der Waals surface area contributed by atoms with Crippen LogP contribution in [-0.2, 0) is 6.54 Å². The SMILES string of the molecule is CCC1CCCCN1Cc1ccc(C(=N)N)cc1F. The molecule has 1 aliphatic rings. The molecule has 1 fully saturated rings. The van der Waals surface area contributed by atoms with Crippen LogP contribution in [0.15, 0.2) is 18.2 Å². The minimum atomic E-state index is -0.256. The van der Waals surface area contributed by atoms with Crippen LogP contribution in [0.3, 0.4) is 0 Å². The summed E-state index contributed by atoms with van der Waals surface area (Å²) in [4.78, 5) is 2.37. The second kappa shape index (κ2) is 6.15. The second-order valence-corrected chi connectivity index (χ2v) is 5.25. The quantitative estimate of drug-likeness (QED) is 0.648. The number of nitrogens with zero attached hydrogens (tertiary/aromatic N) is 1. The maximum absolute atomic E-state index is 14.0. The summed E-state index contributed by atoms with van der Waals surface area (Å²) < 4.78 is 14.0. The molecule has 0 saturated carbocycles. The highest BCUT2D eigenvalue weighted by Gasteiger charge is 2.21. The third-order valence-electron chi connectivity index (χ3n) is 3.96. The molecule has 1 saturated heterocycles. The third-order valence-corrected chi connectivity index (χ3v) is 3.96. The number of hydrogen-bond acceptors (Lipinski definition) is 2. The zero-order valence-electron chi connectivity index (χ0n) is 11.5. The van der Waals surface area contributed by atoms with Gasteiger partial charge in [-0.05, 0) is 31.9 Å². The summed E-state index contributed by atoms with van der Waals surface area (Å²) in [6, 6.07) is 5.42. The van der Waals surface area contributed by atoms with E-state index < -0.39 is 0 Å².